The number of hydrogen-bond donors (Lipinski definition) is 1. The Morgan fingerprint density at radius 3 is 2.50 bits per heavy atom. The Kier molecular flexibility index (Phi) is 5.16. The highest BCUT2D eigenvalue weighted by Gasteiger charge is 2.11. The maximum atomic E-state index is 11.3. The number of carbonyl (C=O) groups excluding carboxylic acids is 1. The molecule has 1 aromatic rings. The van der Waals surface area contributed by atoms with Crippen molar-refractivity contribution in [3.05, 3.63) is 28.3 Å². The number of rotatable bonds is 5. The maximum Gasteiger partial charge on any atom is 0.320 e. The summed E-state index contributed by atoms with van der Waals surface area (Å²) in [6, 6.07) is 2.01. The van der Waals surface area contributed by atoms with Gasteiger partial charge in [-0.15, -0.1) is 0 Å². The van der Waals surface area contributed by atoms with Crippen LogP contribution in [0.4, 0.5) is 0 Å². The molecule has 0 aliphatic rings. The van der Waals surface area contributed by atoms with E-state index in [1.807, 2.05) is 26.8 Å². The van der Waals surface area contributed by atoms with E-state index in [1.165, 1.54) is 0 Å². The molecule has 0 amide bonds. The molecule has 0 atom stereocenters. The summed E-state index contributed by atoms with van der Waals surface area (Å²) in [5.74, 6) is 0.654. The van der Waals surface area contributed by atoms with Crippen LogP contribution in [0.15, 0.2) is 6.07 Å². The van der Waals surface area contributed by atoms with E-state index in [2.05, 4.69) is 5.32 Å². The highest BCUT2D eigenvalue weighted by atomic mass is 16.5. The summed E-state index contributed by atoms with van der Waals surface area (Å²) < 4.78 is 10.5. The van der Waals surface area contributed by atoms with Gasteiger partial charge in [0.25, 0.3) is 0 Å². The molecule has 0 spiro atoms. The molecule has 0 aliphatic carbocycles. The molecule has 0 unspecified atom stereocenters. The van der Waals surface area contributed by atoms with Crippen LogP contribution < -0.4 is 10.1 Å². The predicted molar refractivity (Wildman–Crippen MR) is 70.9 cm³/mol. The lowest BCUT2D eigenvalue weighted by Gasteiger charge is -2.15. The highest BCUT2D eigenvalue weighted by molar-refractivity contribution is 5.71. The van der Waals surface area contributed by atoms with Gasteiger partial charge in [-0.2, -0.15) is 0 Å². The monoisotopic (exact) mass is 251 g/mol. The second kappa shape index (κ2) is 6.40. The summed E-state index contributed by atoms with van der Waals surface area (Å²) in [5, 5.41) is 2.76. The Bertz CT molecular complexity index is 441. The first-order valence-corrected chi connectivity index (χ1v) is 5.95. The zero-order valence-electron chi connectivity index (χ0n) is 11.7. The van der Waals surface area contributed by atoms with Crippen molar-refractivity contribution in [1.82, 2.24) is 5.32 Å². The second-order valence-corrected chi connectivity index (χ2v) is 4.33. The fraction of sp³-hybridized carbons (Fsp3) is 0.500. The van der Waals surface area contributed by atoms with E-state index < -0.39 is 0 Å². The van der Waals surface area contributed by atoms with Crippen molar-refractivity contribution in [3.8, 4) is 5.75 Å². The van der Waals surface area contributed by atoms with Crippen molar-refractivity contribution in [2.45, 2.75) is 27.4 Å². The van der Waals surface area contributed by atoms with Crippen LogP contribution in [0, 0.1) is 20.8 Å². The summed E-state index contributed by atoms with van der Waals surface area (Å²) in [7, 11) is 3.38. The van der Waals surface area contributed by atoms with Gasteiger partial charge in [0, 0.05) is 0 Å². The number of likely N-dealkylation sites (N-methyl/N-ethyl adjacent to an activating group) is 1. The van der Waals surface area contributed by atoms with Crippen molar-refractivity contribution in [2.75, 3.05) is 20.7 Å². The number of hydrogen-bond acceptors (Lipinski definition) is 4. The molecule has 1 aromatic carbocycles. The normalized spacial score (nSPS) is 10.3. The number of aryl methyl sites for hydroxylation is 1. The number of esters is 1. The molecule has 1 N–H and O–H groups in total. The quantitative estimate of drug-likeness (QED) is 0.812. The van der Waals surface area contributed by atoms with Gasteiger partial charge in [0.15, 0.2) is 0 Å². The largest absolute Gasteiger partial charge is 0.496 e. The standard InChI is InChI=1S/C14H21NO3/c1-9-6-12(8-18-13(16)7-15-4)10(2)11(3)14(9)17-5/h6,15H,7-8H2,1-5H3. The number of carbonyl (C=O) groups is 1. The second-order valence-electron chi connectivity index (χ2n) is 4.33. The third-order valence-electron chi connectivity index (χ3n) is 3.05. The van der Waals surface area contributed by atoms with Crippen molar-refractivity contribution in [1.29, 1.82) is 0 Å². The average molecular weight is 251 g/mol. The first-order chi connectivity index (χ1) is 8.51. The van der Waals surface area contributed by atoms with Crippen LogP contribution in [-0.2, 0) is 16.1 Å². The molecule has 18 heavy (non-hydrogen) atoms. The number of ether oxygens (including phenoxy) is 2. The third kappa shape index (κ3) is 3.23. The molecule has 0 fully saturated rings. The Morgan fingerprint density at radius 2 is 1.94 bits per heavy atom. The fourth-order valence-electron chi connectivity index (χ4n) is 1.96. The molecule has 0 bridgehead atoms. The summed E-state index contributed by atoms with van der Waals surface area (Å²) in [6.07, 6.45) is 0. The minimum absolute atomic E-state index is 0.229. The summed E-state index contributed by atoms with van der Waals surface area (Å²) in [6.45, 7) is 6.55. The molecule has 0 saturated carbocycles. The Balaban J connectivity index is 2.88. The van der Waals surface area contributed by atoms with Gasteiger partial charge in [-0.05, 0) is 56.1 Å². The molecule has 4 nitrogen and oxygen atoms in total. The van der Waals surface area contributed by atoms with Gasteiger partial charge in [-0.1, -0.05) is 0 Å². The molecular formula is C14H21NO3. The number of methoxy groups -OCH3 is 1. The molecule has 4 heteroatoms. The Hall–Kier alpha value is -1.55. The van der Waals surface area contributed by atoms with E-state index in [9.17, 15) is 4.79 Å². The van der Waals surface area contributed by atoms with E-state index in [0.717, 1.165) is 28.0 Å². The molecular weight excluding hydrogens is 230 g/mol. The molecule has 0 radical (unpaired) electrons. The minimum atomic E-state index is -0.247. The lowest BCUT2D eigenvalue weighted by atomic mass is 9.99. The smallest absolute Gasteiger partial charge is 0.320 e. The number of benzene rings is 1. The maximum absolute atomic E-state index is 11.3. The van der Waals surface area contributed by atoms with Crippen molar-refractivity contribution < 1.29 is 14.3 Å². The predicted octanol–water partition coefficient (Wildman–Crippen LogP) is 1.88. The lowest BCUT2D eigenvalue weighted by molar-refractivity contribution is -0.143. The van der Waals surface area contributed by atoms with Gasteiger partial charge in [-0.25, -0.2) is 0 Å². The van der Waals surface area contributed by atoms with Crippen molar-refractivity contribution in [2.24, 2.45) is 0 Å². The molecule has 0 aromatic heterocycles. The van der Waals surface area contributed by atoms with E-state index in [0.29, 0.717) is 6.61 Å². The topological polar surface area (TPSA) is 47.6 Å². The molecule has 1 rings (SSSR count). The summed E-state index contributed by atoms with van der Waals surface area (Å²) >= 11 is 0. The van der Waals surface area contributed by atoms with Crippen LogP contribution >= 0.6 is 0 Å². The molecule has 0 heterocycles. The highest BCUT2D eigenvalue weighted by Crippen LogP contribution is 2.28. The van der Waals surface area contributed by atoms with Crippen LogP contribution in [0.2, 0.25) is 0 Å². The minimum Gasteiger partial charge on any atom is -0.496 e. The van der Waals surface area contributed by atoms with Crippen molar-refractivity contribution in [3.63, 3.8) is 0 Å². The summed E-state index contributed by atoms with van der Waals surface area (Å²) in [5.41, 5.74) is 4.28. The zero-order chi connectivity index (χ0) is 13.7. The van der Waals surface area contributed by atoms with Crippen LogP contribution in [0.25, 0.3) is 0 Å². The van der Waals surface area contributed by atoms with Gasteiger partial charge in [0.2, 0.25) is 0 Å². The Morgan fingerprint density at radius 1 is 1.28 bits per heavy atom. The SMILES string of the molecule is CNCC(=O)OCc1cc(C)c(OC)c(C)c1C. The average Bonchev–Trinajstić information content (AvgIpc) is 2.33. The zero-order valence-corrected chi connectivity index (χ0v) is 11.7. The van der Waals surface area contributed by atoms with Gasteiger partial charge in [0.1, 0.15) is 12.4 Å². The van der Waals surface area contributed by atoms with Crippen LogP contribution in [0.1, 0.15) is 22.3 Å². The number of nitrogens with one attached hydrogen (secondary N) is 1. The first-order valence-electron chi connectivity index (χ1n) is 5.95. The molecule has 0 aliphatic heterocycles. The third-order valence-corrected chi connectivity index (χ3v) is 3.05. The van der Waals surface area contributed by atoms with E-state index in [4.69, 9.17) is 9.47 Å². The van der Waals surface area contributed by atoms with Gasteiger partial charge in [0.05, 0.1) is 13.7 Å². The molecule has 100 valence electrons. The van der Waals surface area contributed by atoms with Gasteiger partial charge in [-0.3, -0.25) is 4.79 Å². The Labute approximate surface area is 108 Å². The summed E-state index contributed by atoms with van der Waals surface area (Å²) in [4.78, 5) is 11.3. The van der Waals surface area contributed by atoms with Crippen LogP contribution in [0.5, 0.6) is 5.75 Å². The molecule has 0 saturated heterocycles. The van der Waals surface area contributed by atoms with E-state index in [-0.39, 0.29) is 12.5 Å². The van der Waals surface area contributed by atoms with Crippen LogP contribution in [-0.4, -0.2) is 26.7 Å². The van der Waals surface area contributed by atoms with Crippen molar-refractivity contribution >= 4 is 5.97 Å². The first kappa shape index (κ1) is 14.5. The fourth-order valence-corrected chi connectivity index (χ4v) is 1.96. The van der Waals surface area contributed by atoms with E-state index in [1.54, 1.807) is 14.2 Å². The van der Waals surface area contributed by atoms with Gasteiger partial charge < -0.3 is 14.8 Å². The van der Waals surface area contributed by atoms with E-state index >= 15 is 0 Å². The van der Waals surface area contributed by atoms with Gasteiger partial charge >= 0.3 is 5.97 Å². The van der Waals surface area contributed by atoms with Crippen LogP contribution in [0.3, 0.4) is 0 Å². The lowest BCUT2D eigenvalue weighted by Crippen LogP contribution is -2.20.